The first-order valence-electron chi connectivity index (χ1n) is 7.58. The summed E-state index contributed by atoms with van der Waals surface area (Å²) in [4.78, 5) is 25.7. The van der Waals surface area contributed by atoms with Crippen LogP contribution in [-0.2, 0) is 4.79 Å². The van der Waals surface area contributed by atoms with Gasteiger partial charge in [-0.2, -0.15) is 0 Å². The molecule has 1 heterocycles. The molecule has 1 unspecified atom stereocenters. The van der Waals surface area contributed by atoms with Crippen LogP contribution >= 0.6 is 0 Å². The Bertz CT molecular complexity index is 362. The Hall–Kier alpha value is -1.26. The first kappa shape index (κ1) is 12.8. The molecule has 0 aromatic rings. The fourth-order valence-corrected chi connectivity index (χ4v) is 3.15. The van der Waals surface area contributed by atoms with Gasteiger partial charge in [0.25, 0.3) is 0 Å². The first-order chi connectivity index (χ1) is 9.22. The molecule has 1 atom stereocenters. The van der Waals surface area contributed by atoms with E-state index in [-0.39, 0.29) is 18.0 Å². The van der Waals surface area contributed by atoms with Crippen LogP contribution < -0.4 is 10.6 Å². The molecule has 19 heavy (non-hydrogen) atoms. The third-order valence-corrected chi connectivity index (χ3v) is 4.45. The molecule has 0 aromatic heterocycles. The Labute approximate surface area is 114 Å². The molecule has 3 amide bonds. The highest BCUT2D eigenvalue weighted by atomic mass is 16.2. The molecule has 1 saturated heterocycles. The molecule has 0 bridgehead atoms. The van der Waals surface area contributed by atoms with E-state index in [4.69, 9.17) is 0 Å². The van der Waals surface area contributed by atoms with E-state index in [9.17, 15) is 9.59 Å². The summed E-state index contributed by atoms with van der Waals surface area (Å²) in [5.41, 5.74) is 0. The summed E-state index contributed by atoms with van der Waals surface area (Å²) in [5, 5.41) is 6.04. The van der Waals surface area contributed by atoms with Gasteiger partial charge in [-0.15, -0.1) is 0 Å². The van der Waals surface area contributed by atoms with E-state index in [2.05, 4.69) is 10.6 Å². The predicted molar refractivity (Wildman–Crippen MR) is 71.6 cm³/mol. The van der Waals surface area contributed by atoms with Crippen molar-refractivity contribution in [1.82, 2.24) is 15.5 Å². The molecule has 2 N–H and O–H groups in total. The number of likely N-dealkylation sites (tertiary alicyclic amines) is 1. The fourth-order valence-electron chi connectivity index (χ4n) is 3.15. The molecular weight excluding hydrogens is 242 g/mol. The summed E-state index contributed by atoms with van der Waals surface area (Å²) < 4.78 is 0. The zero-order chi connectivity index (χ0) is 13.2. The van der Waals surface area contributed by atoms with Gasteiger partial charge in [0.15, 0.2) is 0 Å². The summed E-state index contributed by atoms with van der Waals surface area (Å²) in [6.07, 6.45) is 7.63. The van der Waals surface area contributed by atoms with Gasteiger partial charge >= 0.3 is 6.03 Å². The molecule has 3 fully saturated rings. The van der Waals surface area contributed by atoms with Crippen molar-refractivity contribution in [3.8, 4) is 0 Å². The summed E-state index contributed by atoms with van der Waals surface area (Å²) in [7, 11) is 0. The van der Waals surface area contributed by atoms with E-state index in [0.717, 1.165) is 38.6 Å². The highest BCUT2D eigenvalue weighted by molar-refractivity contribution is 5.81. The number of rotatable bonds is 3. The quantitative estimate of drug-likeness (QED) is 0.806. The maximum Gasteiger partial charge on any atom is 0.315 e. The van der Waals surface area contributed by atoms with Gasteiger partial charge in [0.05, 0.1) is 0 Å². The van der Waals surface area contributed by atoms with Crippen LogP contribution in [0.2, 0.25) is 0 Å². The highest BCUT2D eigenvalue weighted by Gasteiger charge is 2.36. The van der Waals surface area contributed by atoms with Crippen LogP contribution in [0.25, 0.3) is 0 Å². The van der Waals surface area contributed by atoms with Crippen LogP contribution in [0.15, 0.2) is 0 Å². The van der Waals surface area contributed by atoms with Gasteiger partial charge in [0.2, 0.25) is 5.91 Å². The molecule has 106 valence electrons. The van der Waals surface area contributed by atoms with Crippen LogP contribution in [0.4, 0.5) is 4.79 Å². The van der Waals surface area contributed by atoms with Crippen LogP contribution in [0.3, 0.4) is 0 Å². The molecular formula is C14H23N3O2. The van der Waals surface area contributed by atoms with Crippen LogP contribution in [-0.4, -0.2) is 42.0 Å². The number of nitrogens with one attached hydrogen (secondary N) is 2. The number of hydrogen-bond donors (Lipinski definition) is 2. The van der Waals surface area contributed by atoms with E-state index in [1.54, 1.807) is 0 Å². The maximum atomic E-state index is 11.9. The lowest BCUT2D eigenvalue weighted by Gasteiger charge is -2.18. The minimum absolute atomic E-state index is 0.0578. The van der Waals surface area contributed by atoms with Gasteiger partial charge in [0, 0.05) is 31.1 Å². The zero-order valence-corrected chi connectivity index (χ0v) is 11.4. The van der Waals surface area contributed by atoms with E-state index in [1.165, 1.54) is 12.8 Å². The normalized spacial score (nSPS) is 27.6. The van der Waals surface area contributed by atoms with Gasteiger partial charge in [0.1, 0.15) is 0 Å². The molecule has 3 aliphatic rings. The average Bonchev–Trinajstić information content (AvgIpc) is 2.92. The topological polar surface area (TPSA) is 61.4 Å². The van der Waals surface area contributed by atoms with Crippen molar-refractivity contribution in [2.75, 3.05) is 13.1 Å². The molecule has 0 spiro atoms. The molecule has 2 saturated carbocycles. The number of hydrogen-bond acceptors (Lipinski definition) is 2. The standard InChI is InChI=1S/C14H23N3O2/c18-13(10-5-6-10)17-8-7-12(9-17)16-14(19)15-11-3-1-2-4-11/h10-12H,1-9H2,(H2,15,16,19). The SMILES string of the molecule is O=C(NC1CCCC1)NC1CCN(C(=O)C2CC2)C1. The summed E-state index contributed by atoms with van der Waals surface area (Å²) in [5.74, 6) is 0.576. The number of carbonyl (C=O) groups is 2. The largest absolute Gasteiger partial charge is 0.340 e. The zero-order valence-electron chi connectivity index (χ0n) is 11.4. The van der Waals surface area contributed by atoms with E-state index in [0.29, 0.717) is 18.5 Å². The van der Waals surface area contributed by atoms with Crippen LogP contribution in [0.5, 0.6) is 0 Å². The minimum atomic E-state index is -0.0578. The number of urea groups is 1. The molecule has 3 rings (SSSR count). The first-order valence-corrected chi connectivity index (χ1v) is 7.58. The lowest BCUT2D eigenvalue weighted by molar-refractivity contribution is -0.131. The summed E-state index contributed by atoms with van der Waals surface area (Å²) >= 11 is 0. The van der Waals surface area contributed by atoms with E-state index in [1.807, 2.05) is 4.90 Å². The number of nitrogens with zero attached hydrogens (tertiary/aromatic N) is 1. The van der Waals surface area contributed by atoms with Crippen LogP contribution in [0, 0.1) is 5.92 Å². The highest BCUT2D eigenvalue weighted by Crippen LogP contribution is 2.32. The number of amides is 3. The van der Waals surface area contributed by atoms with Crippen molar-refractivity contribution in [3.63, 3.8) is 0 Å². The third-order valence-electron chi connectivity index (χ3n) is 4.45. The van der Waals surface area contributed by atoms with Crippen molar-refractivity contribution in [2.45, 2.75) is 57.0 Å². The Kier molecular flexibility index (Phi) is 3.62. The smallest absolute Gasteiger partial charge is 0.315 e. The Balaban J connectivity index is 1.40. The van der Waals surface area contributed by atoms with E-state index < -0.39 is 0 Å². The van der Waals surface area contributed by atoms with E-state index >= 15 is 0 Å². The molecule has 0 radical (unpaired) electrons. The lowest BCUT2D eigenvalue weighted by atomic mass is 10.2. The minimum Gasteiger partial charge on any atom is -0.340 e. The van der Waals surface area contributed by atoms with Gasteiger partial charge < -0.3 is 15.5 Å². The van der Waals surface area contributed by atoms with Crippen molar-refractivity contribution in [1.29, 1.82) is 0 Å². The predicted octanol–water partition coefficient (Wildman–Crippen LogP) is 1.24. The average molecular weight is 265 g/mol. The van der Waals surface area contributed by atoms with Crippen LogP contribution in [0.1, 0.15) is 44.9 Å². The van der Waals surface area contributed by atoms with Crippen molar-refractivity contribution in [3.05, 3.63) is 0 Å². The lowest BCUT2D eigenvalue weighted by Crippen LogP contribution is -2.46. The maximum absolute atomic E-state index is 11.9. The van der Waals surface area contributed by atoms with Gasteiger partial charge in [-0.05, 0) is 32.1 Å². The Morgan fingerprint density at radius 3 is 2.26 bits per heavy atom. The number of carbonyl (C=O) groups excluding carboxylic acids is 2. The third kappa shape index (κ3) is 3.19. The van der Waals surface area contributed by atoms with Gasteiger partial charge in [-0.25, -0.2) is 4.79 Å². The fraction of sp³-hybridized carbons (Fsp3) is 0.857. The molecule has 0 aromatic carbocycles. The summed E-state index contributed by atoms with van der Waals surface area (Å²) in [6.45, 7) is 1.48. The molecule has 5 heteroatoms. The second kappa shape index (κ2) is 5.39. The Morgan fingerprint density at radius 2 is 1.58 bits per heavy atom. The van der Waals surface area contributed by atoms with Gasteiger partial charge in [-0.3, -0.25) is 4.79 Å². The van der Waals surface area contributed by atoms with Gasteiger partial charge in [-0.1, -0.05) is 12.8 Å². The Morgan fingerprint density at radius 1 is 0.895 bits per heavy atom. The molecule has 1 aliphatic heterocycles. The van der Waals surface area contributed by atoms with Crippen molar-refractivity contribution in [2.24, 2.45) is 5.92 Å². The second-order valence-corrected chi connectivity index (χ2v) is 6.14. The van der Waals surface area contributed by atoms with Crippen molar-refractivity contribution >= 4 is 11.9 Å². The monoisotopic (exact) mass is 265 g/mol. The molecule has 5 nitrogen and oxygen atoms in total. The van der Waals surface area contributed by atoms with Crippen molar-refractivity contribution < 1.29 is 9.59 Å². The summed E-state index contributed by atoms with van der Waals surface area (Å²) in [6, 6.07) is 0.423. The second-order valence-electron chi connectivity index (χ2n) is 6.14. The molecule has 2 aliphatic carbocycles.